The Labute approximate surface area is 284 Å². The van der Waals surface area contributed by atoms with Crippen molar-refractivity contribution < 1.29 is 52.1 Å². The first-order valence-electron chi connectivity index (χ1n) is 18.1. The molecule has 0 aliphatic heterocycles. The Morgan fingerprint density at radius 1 is 0.432 bits per heavy atom. The monoisotopic (exact) mass is 700 g/mol. The van der Waals surface area contributed by atoms with E-state index in [9.17, 15) is 19.3 Å². The van der Waals surface area contributed by atoms with Crippen LogP contribution in [0.5, 0.6) is 0 Å². The van der Waals surface area contributed by atoms with E-state index in [2.05, 4.69) is 27.7 Å². The van der Waals surface area contributed by atoms with Crippen molar-refractivity contribution in [3.63, 3.8) is 0 Å². The molecule has 0 aromatic rings. The van der Waals surface area contributed by atoms with Gasteiger partial charge in [-0.3, -0.25) is 9.13 Å². The van der Waals surface area contributed by atoms with Gasteiger partial charge in [-0.15, -0.1) is 0 Å². The second-order valence-corrected chi connectivity index (χ2v) is 17.8. The molecule has 0 saturated carbocycles. The molecule has 0 unspecified atom stereocenters. The zero-order valence-electron chi connectivity index (χ0n) is 29.1. The van der Waals surface area contributed by atoms with Crippen LogP contribution in [0.2, 0.25) is 0 Å². The van der Waals surface area contributed by atoms with E-state index in [1.807, 2.05) is 0 Å². The van der Waals surface area contributed by atoms with Crippen molar-refractivity contribution in [2.24, 2.45) is 0 Å². The molecule has 0 aliphatic rings. The summed E-state index contributed by atoms with van der Waals surface area (Å²) in [5.74, 6) is -1.72. The fraction of sp³-hybridized carbons (Fsp3) is 0.941. The number of aliphatic hydroxyl groups is 2. The summed E-state index contributed by atoms with van der Waals surface area (Å²) in [5, 5.41) is 20.3. The SMILES string of the molecule is CCCCCCCCP(=O)(CCCCCCCC)OC(OP(=O)(CCCCCCCC)CCCCCCCC)=C(O)O.[O]=[Ti]. The van der Waals surface area contributed by atoms with Gasteiger partial charge in [0.05, 0.1) is 0 Å². The number of rotatable bonds is 32. The Hall–Kier alpha value is -0.0857. The fourth-order valence-electron chi connectivity index (χ4n) is 5.34. The van der Waals surface area contributed by atoms with Crippen molar-refractivity contribution >= 4 is 14.7 Å². The maximum absolute atomic E-state index is 14.1. The summed E-state index contributed by atoms with van der Waals surface area (Å²) in [6.45, 7) is 8.76. The van der Waals surface area contributed by atoms with E-state index in [4.69, 9.17) is 12.4 Å². The van der Waals surface area contributed by atoms with Crippen molar-refractivity contribution in [2.75, 3.05) is 24.6 Å². The van der Waals surface area contributed by atoms with Crippen LogP contribution in [-0.2, 0) is 41.9 Å². The number of unbranched alkanes of at least 4 members (excludes halogenated alkanes) is 20. The number of aliphatic hydroxyl groups excluding tert-OH is 1. The van der Waals surface area contributed by atoms with Crippen molar-refractivity contribution in [3.8, 4) is 0 Å². The normalized spacial score (nSPS) is 11.5. The molecule has 0 spiro atoms. The van der Waals surface area contributed by atoms with Crippen LogP contribution in [0.25, 0.3) is 0 Å². The molecule has 0 radical (unpaired) electrons. The van der Waals surface area contributed by atoms with Gasteiger partial charge in [0.15, 0.2) is 0 Å². The van der Waals surface area contributed by atoms with E-state index in [-0.39, 0.29) is 0 Å². The molecular formula is C34H70O7P2Ti. The van der Waals surface area contributed by atoms with Crippen molar-refractivity contribution in [2.45, 2.75) is 182 Å². The van der Waals surface area contributed by atoms with Crippen LogP contribution in [0.15, 0.2) is 11.9 Å². The minimum atomic E-state index is -3.24. The van der Waals surface area contributed by atoms with Crippen LogP contribution in [0, 0.1) is 0 Å². The molecule has 44 heavy (non-hydrogen) atoms. The van der Waals surface area contributed by atoms with Gasteiger partial charge in [0.2, 0.25) is 0 Å². The minimum absolute atomic E-state index is 0.382. The summed E-state index contributed by atoms with van der Waals surface area (Å²) < 4.78 is 48.2. The first-order valence-corrected chi connectivity index (χ1v) is 22.8. The fourth-order valence-corrected chi connectivity index (χ4v) is 9.87. The molecule has 0 rings (SSSR count). The third-order valence-electron chi connectivity index (χ3n) is 8.09. The Bertz CT molecular complexity index is 666. The van der Waals surface area contributed by atoms with Gasteiger partial charge in [-0.05, 0) is 25.7 Å². The second-order valence-electron chi connectivity index (χ2n) is 12.4. The van der Waals surface area contributed by atoms with Crippen LogP contribution < -0.4 is 0 Å². The van der Waals surface area contributed by atoms with Gasteiger partial charge < -0.3 is 19.3 Å². The third kappa shape index (κ3) is 28.2. The predicted molar refractivity (Wildman–Crippen MR) is 183 cm³/mol. The average molecular weight is 701 g/mol. The Balaban J connectivity index is 0. The summed E-state index contributed by atoms with van der Waals surface area (Å²) in [7, 11) is -6.48. The molecular weight excluding hydrogens is 630 g/mol. The van der Waals surface area contributed by atoms with E-state index in [1.54, 1.807) is 0 Å². The quantitative estimate of drug-likeness (QED) is 0.0311. The first kappa shape index (κ1) is 46.0. The molecule has 0 aromatic heterocycles. The van der Waals surface area contributed by atoms with E-state index in [0.29, 0.717) is 24.6 Å². The van der Waals surface area contributed by atoms with Gasteiger partial charge in [-0.1, -0.05) is 156 Å². The molecule has 0 fully saturated rings. The molecule has 10 heteroatoms. The molecule has 7 nitrogen and oxygen atoms in total. The first-order chi connectivity index (χ1) is 21.3. The molecule has 0 aliphatic carbocycles. The van der Waals surface area contributed by atoms with E-state index < -0.39 is 26.6 Å². The van der Waals surface area contributed by atoms with Gasteiger partial charge in [0, 0.05) is 24.6 Å². The van der Waals surface area contributed by atoms with Crippen LogP contribution in [0.4, 0.5) is 0 Å². The topological polar surface area (TPSA) is 110 Å². The van der Waals surface area contributed by atoms with Crippen LogP contribution in [-0.4, -0.2) is 34.9 Å². The molecule has 0 amide bonds. The number of hydrogen-bond donors (Lipinski definition) is 2. The van der Waals surface area contributed by atoms with Crippen LogP contribution in [0.3, 0.4) is 0 Å². The van der Waals surface area contributed by atoms with E-state index in [0.717, 1.165) is 97.5 Å². The predicted octanol–water partition coefficient (Wildman–Crippen LogP) is 13.1. The zero-order valence-corrected chi connectivity index (χ0v) is 32.5. The summed E-state index contributed by atoms with van der Waals surface area (Å²) in [5.41, 5.74) is 0. The second kappa shape index (κ2) is 32.8. The van der Waals surface area contributed by atoms with Crippen LogP contribution >= 0.6 is 14.7 Å². The summed E-state index contributed by atoms with van der Waals surface area (Å²) >= 11 is 0.750. The summed E-state index contributed by atoms with van der Waals surface area (Å²) in [6, 6.07) is 0. The van der Waals surface area contributed by atoms with Gasteiger partial charge in [0.25, 0.3) is 14.7 Å². The molecule has 0 atom stereocenters. The van der Waals surface area contributed by atoms with Gasteiger partial charge in [-0.2, -0.15) is 0 Å². The molecule has 0 saturated heterocycles. The van der Waals surface area contributed by atoms with Gasteiger partial charge >= 0.3 is 35.6 Å². The third-order valence-corrected chi connectivity index (χ3v) is 13.1. The van der Waals surface area contributed by atoms with Crippen molar-refractivity contribution in [1.82, 2.24) is 0 Å². The van der Waals surface area contributed by atoms with E-state index in [1.165, 1.54) is 77.0 Å². The molecule has 0 aromatic carbocycles. The van der Waals surface area contributed by atoms with Gasteiger partial charge in [0.1, 0.15) is 0 Å². The molecule has 2 N–H and O–H groups in total. The molecule has 262 valence electrons. The standard InChI is InChI=1S/C34H70O6P2.O.Ti/c1-5-9-13-17-21-25-29-41(37,30-26-22-18-14-10-6-2)39-34(33(35)36)40-42(38,31-27-23-19-15-11-7-3)32-28-24-20-16-12-8-4;;/h35-36H,5-32H2,1-4H3;;. The van der Waals surface area contributed by atoms with Crippen LogP contribution in [0.1, 0.15) is 182 Å². The van der Waals surface area contributed by atoms with Gasteiger partial charge in [-0.25, -0.2) is 0 Å². The summed E-state index contributed by atoms with van der Waals surface area (Å²) in [4.78, 5) is 0. The Kier molecular flexibility index (Phi) is 34.4. The average Bonchev–Trinajstić information content (AvgIpc) is 3.01. The Morgan fingerprint density at radius 2 is 0.636 bits per heavy atom. The van der Waals surface area contributed by atoms with Crippen molar-refractivity contribution in [3.05, 3.63) is 11.9 Å². The Morgan fingerprint density at radius 3 is 0.841 bits per heavy atom. The molecule has 0 bridgehead atoms. The summed E-state index contributed by atoms with van der Waals surface area (Å²) in [6.07, 6.45) is 27.1. The molecule has 0 heterocycles. The van der Waals surface area contributed by atoms with Crippen molar-refractivity contribution in [1.29, 1.82) is 0 Å². The maximum atomic E-state index is 14.1. The number of hydrogen-bond acceptors (Lipinski definition) is 7. The van der Waals surface area contributed by atoms with E-state index >= 15 is 0 Å². The zero-order chi connectivity index (χ0) is 33.4.